The van der Waals surface area contributed by atoms with Gasteiger partial charge in [-0.05, 0) is 31.0 Å². The third-order valence-corrected chi connectivity index (χ3v) is 4.37. The molecule has 0 amide bonds. The Balaban J connectivity index is 1.98. The van der Waals surface area contributed by atoms with Crippen LogP contribution in [-0.2, 0) is 7.05 Å². The van der Waals surface area contributed by atoms with E-state index in [9.17, 15) is 0 Å². The maximum Gasteiger partial charge on any atom is 0.0509 e. The van der Waals surface area contributed by atoms with Crippen molar-refractivity contribution in [1.82, 2.24) is 4.57 Å². The molecule has 0 N–H and O–H groups in total. The number of hydrogen-bond acceptors (Lipinski definition) is 1. The summed E-state index contributed by atoms with van der Waals surface area (Å²) in [6, 6.07) is 15.6. The number of para-hydroxylation sites is 1. The van der Waals surface area contributed by atoms with Gasteiger partial charge in [-0.3, -0.25) is 0 Å². The van der Waals surface area contributed by atoms with Gasteiger partial charge in [-0.15, -0.1) is 0 Å². The Morgan fingerprint density at radius 1 is 0.842 bits per heavy atom. The molecule has 1 aromatic heterocycles. The summed E-state index contributed by atoms with van der Waals surface area (Å²) in [5.41, 5.74) is 4.03. The molecule has 0 radical (unpaired) electrons. The van der Waals surface area contributed by atoms with Crippen molar-refractivity contribution in [1.29, 1.82) is 0 Å². The highest BCUT2D eigenvalue weighted by Gasteiger charge is 2.14. The Labute approximate surface area is 113 Å². The second-order valence-electron chi connectivity index (χ2n) is 5.47. The highest BCUT2D eigenvalue weighted by molar-refractivity contribution is 6.08. The SMILES string of the molecule is Cn1c2ccccc2c2ccc(N3CCCC3)cc21. The van der Waals surface area contributed by atoms with Gasteiger partial charge in [0, 0.05) is 42.1 Å². The average molecular weight is 250 g/mol. The van der Waals surface area contributed by atoms with Crippen LogP contribution < -0.4 is 4.90 Å². The lowest BCUT2D eigenvalue weighted by molar-refractivity contribution is 0.949. The van der Waals surface area contributed by atoms with Gasteiger partial charge >= 0.3 is 0 Å². The molecule has 1 aliphatic rings. The lowest BCUT2D eigenvalue weighted by Crippen LogP contribution is -2.17. The fourth-order valence-corrected chi connectivity index (χ4v) is 3.32. The Morgan fingerprint density at radius 2 is 1.58 bits per heavy atom. The van der Waals surface area contributed by atoms with E-state index in [1.807, 2.05) is 0 Å². The van der Waals surface area contributed by atoms with Crippen LogP contribution in [-0.4, -0.2) is 17.7 Å². The van der Waals surface area contributed by atoms with Crippen molar-refractivity contribution >= 4 is 27.5 Å². The van der Waals surface area contributed by atoms with Crippen molar-refractivity contribution in [2.45, 2.75) is 12.8 Å². The molecule has 2 heterocycles. The molecule has 96 valence electrons. The van der Waals surface area contributed by atoms with Crippen LogP contribution in [0.5, 0.6) is 0 Å². The third kappa shape index (κ3) is 1.56. The topological polar surface area (TPSA) is 8.17 Å². The number of anilines is 1. The largest absolute Gasteiger partial charge is 0.371 e. The zero-order valence-electron chi connectivity index (χ0n) is 11.3. The van der Waals surface area contributed by atoms with E-state index in [-0.39, 0.29) is 0 Å². The molecular weight excluding hydrogens is 232 g/mol. The zero-order valence-corrected chi connectivity index (χ0v) is 11.3. The van der Waals surface area contributed by atoms with E-state index < -0.39 is 0 Å². The maximum absolute atomic E-state index is 2.50. The van der Waals surface area contributed by atoms with Crippen LogP contribution in [0.4, 0.5) is 5.69 Å². The molecule has 1 fully saturated rings. The van der Waals surface area contributed by atoms with Gasteiger partial charge in [0.05, 0.1) is 5.52 Å². The first-order valence-corrected chi connectivity index (χ1v) is 7.07. The van der Waals surface area contributed by atoms with E-state index in [4.69, 9.17) is 0 Å². The molecule has 0 spiro atoms. The van der Waals surface area contributed by atoms with Crippen LogP contribution >= 0.6 is 0 Å². The zero-order chi connectivity index (χ0) is 12.8. The summed E-state index contributed by atoms with van der Waals surface area (Å²) in [5, 5.41) is 2.72. The number of aryl methyl sites for hydroxylation is 1. The van der Waals surface area contributed by atoms with Gasteiger partial charge in [0.2, 0.25) is 0 Å². The molecule has 2 heteroatoms. The highest BCUT2D eigenvalue weighted by atomic mass is 15.1. The van der Waals surface area contributed by atoms with E-state index in [1.165, 1.54) is 53.4 Å². The van der Waals surface area contributed by atoms with E-state index in [0.29, 0.717) is 0 Å². The Bertz CT molecular complexity index is 748. The monoisotopic (exact) mass is 250 g/mol. The fraction of sp³-hybridized carbons (Fsp3) is 0.294. The lowest BCUT2D eigenvalue weighted by atomic mass is 10.1. The number of hydrogen-bond donors (Lipinski definition) is 0. The summed E-state index contributed by atoms with van der Waals surface area (Å²) < 4.78 is 2.31. The first-order valence-electron chi connectivity index (χ1n) is 7.07. The molecule has 0 saturated carbocycles. The van der Waals surface area contributed by atoms with Crippen molar-refractivity contribution in [2.24, 2.45) is 7.05 Å². The predicted octanol–water partition coefficient (Wildman–Crippen LogP) is 3.93. The minimum atomic E-state index is 1.20. The molecule has 0 aliphatic carbocycles. The van der Waals surface area contributed by atoms with Crippen molar-refractivity contribution < 1.29 is 0 Å². The molecule has 1 aliphatic heterocycles. The van der Waals surface area contributed by atoms with Crippen LogP contribution in [0, 0.1) is 0 Å². The molecular formula is C17H18N2. The molecule has 0 bridgehead atoms. The first-order chi connectivity index (χ1) is 9.34. The molecule has 2 nitrogen and oxygen atoms in total. The summed E-state index contributed by atoms with van der Waals surface area (Å²) >= 11 is 0. The Kier molecular flexibility index (Phi) is 2.31. The average Bonchev–Trinajstić information content (AvgIpc) is 3.08. The molecule has 0 unspecified atom stereocenters. The normalized spacial score (nSPS) is 15.7. The van der Waals surface area contributed by atoms with Gasteiger partial charge in [-0.1, -0.05) is 24.3 Å². The van der Waals surface area contributed by atoms with Crippen molar-refractivity contribution in [3.05, 3.63) is 42.5 Å². The minimum absolute atomic E-state index is 1.20. The van der Waals surface area contributed by atoms with Gasteiger partial charge in [0.15, 0.2) is 0 Å². The van der Waals surface area contributed by atoms with Crippen LogP contribution in [0.1, 0.15) is 12.8 Å². The van der Waals surface area contributed by atoms with Gasteiger partial charge in [0.25, 0.3) is 0 Å². The summed E-state index contributed by atoms with van der Waals surface area (Å²) in [4.78, 5) is 2.50. The van der Waals surface area contributed by atoms with Crippen molar-refractivity contribution in [3.8, 4) is 0 Å². The van der Waals surface area contributed by atoms with Crippen molar-refractivity contribution in [2.75, 3.05) is 18.0 Å². The van der Waals surface area contributed by atoms with Crippen molar-refractivity contribution in [3.63, 3.8) is 0 Å². The van der Waals surface area contributed by atoms with Crippen LogP contribution in [0.15, 0.2) is 42.5 Å². The molecule has 19 heavy (non-hydrogen) atoms. The number of rotatable bonds is 1. The third-order valence-electron chi connectivity index (χ3n) is 4.37. The van der Waals surface area contributed by atoms with Gasteiger partial charge in [-0.25, -0.2) is 0 Å². The van der Waals surface area contributed by atoms with E-state index in [1.54, 1.807) is 0 Å². The molecule has 4 rings (SSSR count). The summed E-state index contributed by atoms with van der Waals surface area (Å²) in [5.74, 6) is 0. The smallest absolute Gasteiger partial charge is 0.0509 e. The van der Waals surface area contributed by atoms with E-state index in [2.05, 4.69) is 59.0 Å². The molecule has 3 aromatic rings. The minimum Gasteiger partial charge on any atom is -0.371 e. The summed E-state index contributed by atoms with van der Waals surface area (Å²) in [6.07, 6.45) is 2.65. The number of aromatic nitrogens is 1. The summed E-state index contributed by atoms with van der Waals surface area (Å²) in [7, 11) is 2.17. The molecule has 0 atom stereocenters. The predicted molar refractivity (Wildman–Crippen MR) is 81.9 cm³/mol. The van der Waals surface area contributed by atoms with Crippen LogP contribution in [0.25, 0.3) is 21.8 Å². The van der Waals surface area contributed by atoms with Crippen LogP contribution in [0.2, 0.25) is 0 Å². The van der Waals surface area contributed by atoms with E-state index in [0.717, 1.165) is 0 Å². The van der Waals surface area contributed by atoms with Gasteiger partial charge in [0.1, 0.15) is 0 Å². The number of fused-ring (bicyclic) bond motifs is 3. The molecule has 2 aromatic carbocycles. The second kappa shape index (κ2) is 4.02. The van der Waals surface area contributed by atoms with Gasteiger partial charge < -0.3 is 9.47 Å². The summed E-state index contributed by atoms with van der Waals surface area (Å²) in [6.45, 7) is 2.41. The van der Waals surface area contributed by atoms with Gasteiger partial charge in [-0.2, -0.15) is 0 Å². The van der Waals surface area contributed by atoms with E-state index >= 15 is 0 Å². The Morgan fingerprint density at radius 3 is 2.42 bits per heavy atom. The maximum atomic E-state index is 2.50. The molecule has 1 saturated heterocycles. The van der Waals surface area contributed by atoms with Crippen LogP contribution in [0.3, 0.4) is 0 Å². The highest BCUT2D eigenvalue weighted by Crippen LogP contribution is 2.31. The standard InChI is InChI=1S/C17H18N2/c1-18-16-7-3-2-6-14(16)15-9-8-13(12-17(15)18)19-10-4-5-11-19/h2-3,6-9,12H,4-5,10-11H2,1H3. The first kappa shape index (κ1) is 10.9. The number of benzene rings is 2. The second-order valence-corrected chi connectivity index (χ2v) is 5.47. The lowest BCUT2D eigenvalue weighted by Gasteiger charge is -2.17. The fourth-order valence-electron chi connectivity index (χ4n) is 3.32. The number of nitrogens with zero attached hydrogens (tertiary/aromatic N) is 2. The quantitative estimate of drug-likeness (QED) is 0.635. The Hall–Kier alpha value is -1.96.